The first-order chi connectivity index (χ1) is 8.96. The van der Waals surface area contributed by atoms with Gasteiger partial charge in [-0.3, -0.25) is 4.79 Å². The number of rotatable bonds is 3. The number of hydrogen-bond donors (Lipinski definition) is 1. The summed E-state index contributed by atoms with van der Waals surface area (Å²) in [5.41, 5.74) is 5.29. The van der Waals surface area contributed by atoms with Crippen molar-refractivity contribution >= 4 is 5.91 Å². The van der Waals surface area contributed by atoms with Crippen molar-refractivity contribution in [3.8, 4) is 0 Å². The van der Waals surface area contributed by atoms with Crippen molar-refractivity contribution in [2.45, 2.75) is 25.3 Å². The number of hydrogen-bond acceptors (Lipinski definition) is 2. The van der Waals surface area contributed by atoms with E-state index in [1.165, 1.54) is 29.2 Å². The Balaban J connectivity index is 2.20. The Morgan fingerprint density at radius 2 is 2.05 bits per heavy atom. The lowest BCUT2D eigenvalue weighted by Gasteiger charge is -2.26. The van der Waals surface area contributed by atoms with Crippen LogP contribution in [0.25, 0.3) is 0 Å². The minimum atomic E-state index is -3.47. The van der Waals surface area contributed by atoms with Crippen molar-refractivity contribution in [2.24, 2.45) is 11.7 Å². The maximum absolute atomic E-state index is 14.2. The molecule has 1 heterocycles. The third-order valence-corrected chi connectivity index (χ3v) is 3.66. The fraction of sp³-hybridized carbons (Fsp3) is 0.500. The zero-order chi connectivity index (χ0) is 14.0. The molecule has 1 aromatic carbocycles. The molecule has 5 heteroatoms. The van der Waals surface area contributed by atoms with Gasteiger partial charge in [-0.05, 0) is 25.8 Å². The van der Waals surface area contributed by atoms with E-state index in [-0.39, 0.29) is 17.5 Å². The highest BCUT2D eigenvalue weighted by molar-refractivity contribution is 5.85. The summed E-state index contributed by atoms with van der Waals surface area (Å²) >= 11 is 0. The molecule has 2 rings (SSSR count). The molecule has 0 aliphatic carbocycles. The minimum Gasteiger partial charge on any atom is -0.334 e. The van der Waals surface area contributed by atoms with Crippen LogP contribution in [0.1, 0.15) is 18.9 Å². The van der Waals surface area contributed by atoms with Crippen molar-refractivity contribution in [3.63, 3.8) is 0 Å². The molecule has 104 valence electrons. The Morgan fingerprint density at radius 3 is 2.58 bits per heavy atom. The zero-order valence-electron chi connectivity index (χ0n) is 10.9. The second-order valence-electron chi connectivity index (χ2n) is 5.08. The number of benzene rings is 1. The van der Waals surface area contributed by atoms with E-state index in [0.29, 0.717) is 19.5 Å². The summed E-state index contributed by atoms with van der Waals surface area (Å²) in [5, 5.41) is 0. The normalized spacial score (nSPS) is 23.7. The van der Waals surface area contributed by atoms with Crippen LogP contribution in [0.2, 0.25) is 0 Å². The standard InChI is InChI=1S/C14H18F2N2O/c1-10-7-11(8-17)9-18(10)13(19)14(15,16)12-5-3-2-4-6-12/h2-6,10-11H,7-9,17H2,1H3. The monoisotopic (exact) mass is 268 g/mol. The second-order valence-corrected chi connectivity index (χ2v) is 5.08. The molecule has 1 fully saturated rings. The number of carbonyl (C=O) groups is 1. The van der Waals surface area contributed by atoms with Crippen molar-refractivity contribution in [2.75, 3.05) is 13.1 Å². The van der Waals surface area contributed by atoms with E-state index in [9.17, 15) is 13.6 Å². The van der Waals surface area contributed by atoms with Crippen LogP contribution < -0.4 is 5.73 Å². The van der Waals surface area contributed by atoms with Gasteiger partial charge in [0.15, 0.2) is 0 Å². The molecule has 0 spiro atoms. The molecule has 3 nitrogen and oxygen atoms in total. The summed E-state index contributed by atoms with van der Waals surface area (Å²) in [6.45, 7) is 2.53. The summed E-state index contributed by atoms with van der Waals surface area (Å²) < 4.78 is 28.4. The van der Waals surface area contributed by atoms with E-state index in [1.54, 1.807) is 13.0 Å². The molecule has 0 radical (unpaired) electrons. The maximum atomic E-state index is 14.2. The zero-order valence-corrected chi connectivity index (χ0v) is 10.9. The van der Waals surface area contributed by atoms with Crippen molar-refractivity contribution in [3.05, 3.63) is 35.9 Å². The molecule has 2 unspecified atom stereocenters. The first kappa shape index (κ1) is 13.9. The van der Waals surface area contributed by atoms with Gasteiger partial charge in [0, 0.05) is 18.2 Å². The molecule has 2 atom stereocenters. The molecule has 0 aromatic heterocycles. The molecular weight excluding hydrogens is 250 g/mol. The molecule has 0 bridgehead atoms. The third kappa shape index (κ3) is 2.61. The Bertz CT molecular complexity index is 450. The number of halogens is 2. The summed E-state index contributed by atoms with van der Waals surface area (Å²) in [5.74, 6) is -4.48. The largest absolute Gasteiger partial charge is 0.349 e. The quantitative estimate of drug-likeness (QED) is 0.911. The van der Waals surface area contributed by atoms with Crippen LogP contribution in [0.3, 0.4) is 0 Å². The van der Waals surface area contributed by atoms with Gasteiger partial charge < -0.3 is 10.6 Å². The van der Waals surface area contributed by atoms with E-state index in [0.717, 1.165) is 0 Å². The molecule has 19 heavy (non-hydrogen) atoms. The Morgan fingerprint density at radius 1 is 1.42 bits per heavy atom. The van der Waals surface area contributed by atoms with Gasteiger partial charge >= 0.3 is 5.92 Å². The van der Waals surface area contributed by atoms with Crippen molar-refractivity contribution in [1.82, 2.24) is 4.90 Å². The van der Waals surface area contributed by atoms with Crippen LogP contribution in [-0.2, 0) is 10.7 Å². The molecular formula is C14H18F2N2O. The highest BCUT2D eigenvalue weighted by Gasteiger charge is 2.47. The number of nitrogens with two attached hydrogens (primary N) is 1. The van der Waals surface area contributed by atoms with E-state index in [4.69, 9.17) is 5.73 Å². The van der Waals surface area contributed by atoms with Gasteiger partial charge in [-0.1, -0.05) is 30.3 Å². The SMILES string of the molecule is CC1CC(CN)CN1C(=O)C(F)(F)c1ccccc1. The molecule has 1 aliphatic heterocycles. The molecule has 1 aliphatic rings. The van der Waals surface area contributed by atoms with Crippen molar-refractivity contribution < 1.29 is 13.6 Å². The predicted octanol–water partition coefficient (Wildman–Crippen LogP) is 1.97. The van der Waals surface area contributed by atoms with E-state index in [1.807, 2.05) is 0 Å². The number of amides is 1. The average Bonchev–Trinajstić information content (AvgIpc) is 2.80. The van der Waals surface area contributed by atoms with Crippen LogP contribution in [-0.4, -0.2) is 29.9 Å². The van der Waals surface area contributed by atoms with Crippen LogP contribution in [0.4, 0.5) is 8.78 Å². The van der Waals surface area contributed by atoms with Crippen LogP contribution >= 0.6 is 0 Å². The van der Waals surface area contributed by atoms with E-state index < -0.39 is 11.8 Å². The molecule has 1 saturated heterocycles. The molecule has 2 N–H and O–H groups in total. The summed E-state index contributed by atoms with van der Waals surface area (Å²) in [7, 11) is 0. The summed E-state index contributed by atoms with van der Waals surface area (Å²) in [6, 6.07) is 7.03. The number of carbonyl (C=O) groups excluding carboxylic acids is 1. The maximum Gasteiger partial charge on any atom is 0.349 e. The van der Waals surface area contributed by atoms with Gasteiger partial charge in [-0.2, -0.15) is 8.78 Å². The molecule has 1 amide bonds. The average molecular weight is 268 g/mol. The lowest BCUT2D eigenvalue weighted by atomic mass is 10.1. The van der Waals surface area contributed by atoms with Gasteiger partial charge in [0.05, 0.1) is 0 Å². The fourth-order valence-corrected chi connectivity index (χ4v) is 2.55. The summed E-state index contributed by atoms with van der Waals surface area (Å²) in [4.78, 5) is 13.3. The Labute approximate surface area is 111 Å². The molecule has 0 saturated carbocycles. The van der Waals surface area contributed by atoms with Crippen LogP contribution in [0.15, 0.2) is 30.3 Å². The Kier molecular flexibility index (Phi) is 3.85. The number of alkyl halides is 2. The van der Waals surface area contributed by atoms with Gasteiger partial charge in [0.25, 0.3) is 5.91 Å². The highest BCUT2D eigenvalue weighted by atomic mass is 19.3. The van der Waals surface area contributed by atoms with Crippen molar-refractivity contribution in [1.29, 1.82) is 0 Å². The van der Waals surface area contributed by atoms with Gasteiger partial charge in [-0.25, -0.2) is 0 Å². The highest BCUT2D eigenvalue weighted by Crippen LogP contribution is 2.34. The fourth-order valence-electron chi connectivity index (χ4n) is 2.55. The summed E-state index contributed by atoms with van der Waals surface area (Å²) in [6.07, 6.45) is 0.688. The Hall–Kier alpha value is -1.49. The molecule has 1 aromatic rings. The van der Waals surface area contributed by atoms with Crippen LogP contribution in [0.5, 0.6) is 0 Å². The van der Waals surface area contributed by atoms with Gasteiger partial charge in [0.2, 0.25) is 0 Å². The van der Waals surface area contributed by atoms with E-state index >= 15 is 0 Å². The number of nitrogens with zero attached hydrogens (tertiary/aromatic N) is 1. The first-order valence-electron chi connectivity index (χ1n) is 6.41. The first-order valence-corrected chi connectivity index (χ1v) is 6.41. The lowest BCUT2D eigenvalue weighted by molar-refractivity contribution is -0.159. The minimum absolute atomic E-state index is 0.116. The van der Waals surface area contributed by atoms with Crippen LogP contribution in [0, 0.1) is 5.92 Å². The predicted molar refractivity (Wildman–Crippen MR) is 68.7 cm³/mol. The third-order valence-electron chi connectivity index (χ3n) is 3.66. The van der Waals surface area contributed by atoms with Gasteiger partial charge in [0.1, 0.15) is 0 Å². The number of likely N-dealkylation sites (tertiary alicyclic amines) is 1. The lowest BCUT2D eigenvalue weighted by Crippen LogP contribution is -2.44. The van der Waals surface area contributed by atoms with Gasteiger partial charge in [-0.15, -0.1) is 0 Å². The topological polar surface area (TPSA) is 46.3 Å². The van der Waals surface area contributed by atoms with E-state index in [2.05, 4.69) is 0 Å². The second kappa shape index (κ2) is 5.25. The smallest absolute Gasteiger partial charge is 0.334 e.